The number of para-hydroxylation sites is 1. The number of fused-ring (bicyclic) bond motifs is 1. The number of benzene rings is 2. The first kappa shape index (κ1) is 19.4. The number of halogens is 2. The van der Waals surface area contributed by atoms with Crippen molar-refractivity contribution in [3.63, 3.8) is 0 Å². The zero-order valence-corrected chi connectivity index (χ0v) is 16.2. The number of hydrogen-bond acceptors (Lipinski definition) is 3. The summed E-state index contributed by atoms with van der Waals surface area (Å²) in [5, 5.41) is 3.75. The molecule has 27 heavy (non-hydrogen) atoms. The Hall–Kier alpha value is -2.38. The highest BCUT2D eigenvalue weighted by Gasteiger charge is 2.23. The summed E-state index contributed by atoms with van der Waals surface area (Å²) in [5.41, 5.74) is 1.23. The number of likely N-dealkylation sites (N-methyl/N-ethyl adjacent to an activating group) is 1. The van der Waals surface area contributed by atoms with Gasteiger partial charge in [-0.15, -0.1) is 11.3 Å². The molecule has 1 heterocycles. The first-order valence-electron chi connectivity index (χ1n) is 8.77. The van der Waals surface area contributed by atoms with E-state index in [0.717, 1.165) is 26.2 Å². The van der Waals surface area contributed by atoms with Gasteiger partial charge in [-0.25, -0.2) is 13.8 Å². The number of rotatable bonds is 6. The van der Waals surface area contributed by atoms with Gasteiger partial charge in [-0.1, -0.05) is 18.2 Å². The third-order valence-corrected chi connectivity index (χ3v) is 5.89. The highest BCUT2D eigenvalue weighted by Crippen LogP contribution is 2.24. The van der Waals surface area contributed by atoms with Gasteiger partial charge in [0.05, 0.1) is 23.3 Å². The van der Waals surface area contributed by atoms with E-state index in [1.165, 1.54) is 12.1 Å². The van der Waals surface area contributed by atoms with Gasteiger partial charge in [0, 0.05) is 11.6 Å². The third-order valence-electron chi connectivity index (χ3n) is 4.67. The quantitative estimate of drug-likeness (QED) is 0.680. The van der Waals surface area contributed by atoms with E-state index in [2.05, 4.69) is 10.3 Å². The van der Waals surface area contributed by atoms with E-state index in [-0.39, 0.29) is 24.1 Å². The molecule has 1 unspecified atom stereocenters. The number of thiazole rings is 1. The minimum absolute atomic E-state index is 0.0472. The van der Waals surface area contributed by atoms with Crippen LogP contribution in [-0.4, -0.2) is 24.5 Å². The number of carbonyl (C=O) groups excluding carboxylic acids is 1. The standard InChI is InChI=1S/C20H21F2N3OS/c1-12(15-9-8-14(21)10-16(15)22)23-19(26)11-25(3)13(2)20-24-17-6-4-5-7-18(17)27-20/h4-10,12-13H,11H2,1-3H3,(H,23,26)/p+1/t12-,13-/m0/s1. The molecule has 1 amide bonds. The highest BCUT2D eigenvalue weighted by atomic mass is 32.1. The summed E-state index contributed by atoms with van der Waals surface area (Å²) in [5.74, 6) is -1.49. The first-order chi connectivity index (χ1) is 12.8. The van der Waals surface area contributed by atoms with Gasteiger partial charge in [0.2, 0.25) is 0 Å². The molecule has 0 aliphatic heterocycles. The lowest BCUT2D eigenvalue weighted by atomic mass is 10.1. The molecule has 0 aliphatic carbocycles. The fourth-order valence-corrected chi connectivity index (χ4v) is 4.03. The molecule has 1 aromatic heterocycles. The van der Waals surface area contributed by atoms with Crippen LogP contribution in [0.1, 0.15) is 36.5 Å². The van der Waals surface area contributed by atoms with Crippen molar-refractivity contribution in [1.29, 1.82) is 0 Å². The largest absolute Gasteiger partial charge is 0.345 e. The number of quaternary nitrogens is 1. The highest BCUT2D eigenvalue weighted by molar-refractivity contribution is 7.18. The Labute approximate surface area is 160 Å². The molecule has 0 radical (unpaired) electrons. The second kappa shape index (κ2) is 8.10. The van der Waals surface area contributed by atoms with Gasteiger partial charge in [-0.3, -0.25) is 4.79 Å². The summed E-state index contributed by atoms with van der Waals surface area (Å²) >= 11 is 1.63. The molecule has 0 bridgehead atoms. The molecule has 7 heteroatoms. The van der Waals surface area contributed by atoms with Crippen molar-refractivity contribution in [2.75, 3.05) is 13.6 Å². The van der Waals surface area contributed by atoms with Gasteiger partial charge < -0.3 is 10.2 Å². The predicted octanol–water partition coefficient (Wildman–Crippen LogP) is 3.03. The molecular weight excluding hydrogens is 368 g/mol. The van der Waals surface area contributed by atoms with E-state index in [1.54, 1.807) is 18.3 Å². The molecule has 4 nitrogen and oxygen atoms in total. The summed E-state index contributed by atoms with van der Waals surface area (Å²) in [6.07, 6.45) is 0. The van der Waals surface area contributed by atoms with Crippen LogP contribution in [0.3, 0.4) is 0 Å². The zero-order valence-electron chi connectivity index (χ0n) is 15.4. The van der Waals surface area contributed by atoms with Crippen LogP contribution < -0.4 is 10.2 Å². The topological polar surface area (TPSA) is 46.4 Å². The zero-order chi connectivity index (χ0) is 19.6. The van der Waals surface area contributed by atoms with E-state index >= 15 is 0 Å². The van der Waals surface area contributed by atoms with E-state index in [0.29, 0.717) is 0 Å². The number of nitrogens with one attached hydrogen (secondary N) is 2. The molecule has 0 saturated heterocycles. The fraction of sp³-hybridized carbons (Fsp3) is 0.300. The van der Waals surface area contributed by atoms with Crippen LogP contribution in [-0.2, 0) is 4.79 Å². The van der Waals surface area contributed by atoms with Crippen LogP contribution in [0, 0.1) is 11.6 Å². The summed E-state index contributed by atoms with van der Waals surface area (Å²) in [6.45, 7) is 3.94. The molecule has 0 spiro atoms. The van der Waals surface area contributed by atoms with Gasteiger partial charge >= 0.3 is 0 Å². The number of carbonyl (C=O) groups is 1. The average Bonchev–Trinajstić information content (AvgIpc) is 3.04. The van der Waals surface area contributed by atoms with Crippen LogP contribution in [0.5, 0.6) is 0 Å². The Balaban J connectivity index is 1.62. The number of nitrogens with zero attached hydrogens (tertiary/aromatic N) is 1. The maximum atomic E-state index is 13.9. The lowest BCUT2D eigenvalue weighted by Gasteiger charge is -2.21. The van der Waals surface area contributed by atoms with E-state index in [4.69, 9.17) is 0 Å². The SMILES string of the molecule is C[C@H](NC(=O)C[NH+](C)[C@@H](C)c1nc2ccccc2s1)c1ccc(F)cc1F. The Bertz CT molecular complexity index is 926. The molecule has 2 N–H and O–H groups in total. The Kier molecular flexibility index (Phi) is 5.82. The molecule has 3 rings (SSSR count). The lowest BCUT2D eigenvalue weighted by molar-refractivity contribution is -0.902. The molecule has 3 atom stereocenters. The summed E-state index contributed by atoms with van der Waals surface area (Å²) in [4.78, 5) is 18.0. The summed E-state index contributed by atoms with van der Waals surface area (Å²) < 4.78 is 28.0. The molecular formula is C20H22F2N3OS+. The van der Waals surface area contributed by atoms with Crippen molar-refractivity contribution in [2.45, 2.75) is 25.9 Å². The van der Waals surface area contributed by atoms with Crippen molar-refractivity contribution < 1.29 is 18.5 Å². The summed E-state index contributed by atoms with van der Waals surface area (Å²) in [6, 6.07) is 10.8. The Morgan fingerprint density at radius 1 is 1.22 bits per heavy atom. The monoisotopic (exact) mass is 390 g/mol. The fourth-order valence-electron chi connectivity index (χ4n) is 2.92. The molecule has 0 saturated carbocycles. The van der Waals surface area contributed by atoms with Crippen molar-refractivity contribution in [1.82, 2.24) is 10.3 Å². The molecule has 0 aliphatic rings. The van der Waals surface area contributed by atoms with Gasteiger partial charge in [-0.2, -0.15) is 0 Å². The van der Waals surface area contributed by atoms with E-state index < -0.39 is 17.7 Å². The third kappa shape index (κ3) is 4.48. The minimum atomic E-state index is -0.661. The van der Waals surface area contributed by atoms with Crippen molar-refractivity contribution in [3.05, 3.63) is 64.7 Å². The van der Waals surface area contributed by atoms with Crippen LogP contribution >= 0.6 is 11.3 Å². The number of hydrogen-bond donors (Lipinski definition) is 2. The second-order valence-corrected chi connectivity index (χ2v) is 7.78. The van der Waals surface area contributed by atoms with Crippen LogP contribution in [0.15, 0.2) is 42.5 Å². The van der Waals surface area contributed by atoms with Crippen molar-refractivity contribution >= 4 is 27.5 Å². The van der Waals surface area contributed by atoms with Crippen LogP contribution in [0.25, 0.3) is 10.2 Å². The maximum Gasteiger partial charge on any atom is 0.275 e. The van der Waals surface area contributed by atoms with Crippen molar-refractivity contribution in [3.8, 4) is 0 Å². The van der Waals surface area contributed by atoms with Gasteiger partial charge in [0.1, 0.15) is 17.7 Å². The van der Waals surface area contributed by atoms with Gasteiger partial charge in [0.15, 0.2) is 11.6 Å². The average molecular weight is 390 g/mol. The second-order valence-electron chi connectivity index (χ2n) is 6.72. The van der Waals surface area contributed by atoms with E-state index in [1.807, 2.05) is 38.2 Å². The Morgan fingerprint density at radius 2 is 1.96 bits per heavy atom. The normalized spacial score (nSPS) is 14.7. The Morgan fingerprint density at radius 3 is 2.67 bits per heavy atom. The number of aromatic nitrogens is 1. The van der Waals surface area contributed by atoms with E-state index in [9.17, 15) is 13.6 Å². The van der Waals surface area contributed by atoms with Crippen LogP contribution in [0.4, 0.5) is 8.78 Å². The molecule has 2 aromatic carbocycles. The molecule has 0 fully saturated rings. The van der Waals surface area contributed by atoms with Gasteiger partial charge in [0.25, 0.3) is 5.91 Å². The van der Waals surface area contributed by atoms with Crippen LogP contribution in [0.2, 0.25) is 0 Å². The number of amides is 1. The summed E-state index contributed by atoms with van der Waals surface area (Å²) in [7, 11) is 1.93. The van der Waals surface area contributed by atoms with Gasteiger partial charge in [-0.05, 0) is 32.0 Å². The molecule has 3 aromatic rings. The minimum Gasteiger partial charge on any atom is -0.345 e. The smallest absolute Gasteiger partial charge is 0.275 e. The first-order valence-corrected chi connectivity index (χ1v) is 9.59. The molecule has 142 valence electrons. The van der Waals surface area contributed by atoms with Crippen molar-refractivity contribution in [2.24, 2.45) is 0 Å². The maximum absolute atomic E-state index is 13.9. The predicted molar refractivity (Wildman–Crippen MR) is 103 cm³/mol. The lowest BCUT2D eigenvalue weighted by Crippen LogP contribution is -3.10.